The molecule has 1 fully saturated rings. The highest BCUT2D eigenvalue weighted by molar-refractivity contribution is 8.00. The number of likely N-dealkylation sites (tertiary alicyclic amines) is 1. The van der Waals surface area contributed by atoms with Gasteiger partial charge < -0.3 is 19.7 Å². The SMILES string of the molecule is O=C(COC(=O)c1ccccc1SCC(=O)N1CCCC1)Nc1ccc(OC(F)(F)F)cc1. The minimum absolute atomic E-state index is 0.00620. The van der Waals surface area contributed by atoms with Crippen molar-refractivity contribution in [3.05, 3.63) is 54.1 Å². The summed E-state index contributed by atoms with van der Waals surface area (Å²) in [5.41, 5.74) is 0.445. The molecule has 1 aliphatic heterocycles. The summed E-state index contributed by atoms with van der Waals surface area (Å²) in [5, 5.41) is 2.42. The van der Waals surface area contributed by atoms with Crippen molar-refractivity contribution in [2.75, 3.05) is 30.8 Å². The van der Waals surface area contributed by atoms with E-state index >= 15 is 0 Å². The van der Waals surface area contributed by atoms with E-state index in [1.807, 2.05) is 0 Å². The van der Waals surface area contributed by atoms with Crippen LogP contribution < -0.4 is 10.1 Å². The summed E-state index contributed by atoms with van der Waals surface area (Å²) in [6.45, 7) is 0.901. The molecule has 0 saturated carbocycles. The number of hydrogen-bond acceptors (Lipinski definition) is 6. The molecule has 176 valence electrons. The van der Waals surface area contributed by atoms with Crippen molar-refractivity contribution in [1.82, 2.24) is 4.90 Å². The number of anilines is 1. The van der Waals surface area contributed by atoms with Crippen LogP contribution in [-0.2, 0) is 14.3 Å². The van der Waals surface area contributed by atoms with Gasteiger partial charge in [-0.1, -0.05) is 12.1 Å². The monoisotopic (exact) mass is 482 g/mol. The van der Waals surface area contributed by atoms with Gasteiger partial charge in [-0.2, -0.15) is 0 Å². The van der Waals surface area contributed by atoms with E-state index in [0.717, 1.165) is 38.1 Å². The van der Waals surface area contributed by atoms with Crippen molar-refractivity contribution in [3.8, 4) is 5.75 Å². The number of carbonyl (C=O) groups is 3. The van der Waals surface area contributed by atoms with Gasteiger partial charge in [-0.05, 0) is 49.2 Å². The zero-order valence-corrected chi connectivity index (χ0v) is 18.2. The molecule has 0 radical (unpaired) electrons. The molecule has 11 heteroatoms. The molecule has 0 atom stereocenters. The van der Waals surface area contributed by atoms with Gasteiger partial charge in [0.2, 0.25) is 5.91 Å². The van der Waals surface area contributed by atoms with Gasteiger partial charge in [0.25, 0.3) is 5.91 Å². The van der Waals surface area contributed by atoms with E-state index in [1.54, 1.807) is 29.2 Å². The van der Waals surface area contributed by atoms with Crippen LogP contribution in [0.1, 0.15) is 23.2 Å². The van der Waals surface area contributed by atoms with Crippen LogP contribution in [0.3, 0.4) is 0 Å². The Morgan fingerprint density at radius 1 is 1.00 bits per heavy atom. The quantitative estimate of drug-likeness (QED) is 0.451. The highest BCUT2D eigenvalue weighted by Crippen LogP contribution is 2.25. The largest absolute Gasteiger partial charge is 0.573 e. The van der Waals surface area contributed by atoms with Gasteiger partial charge in [0, 0.05) is 23.7 Å². The first-order chi connectivity index (χ1) is 15.7. The zero-order valence-electron chi connectivity index (χ0n) is 17.4. The number of thioether (sulfide) groups is 1. The normalized spacial score (nSPS) is 13.5. The van der Waals surface area contributed by atoms with E-state index in [2.05, 4.69) is 10.1 Å². The van der Waals surface area contributed by atoms with Crippen molar-refractivity contribution >= 4 is 35.2 Å². The summed E-state index contributed by atoms with van der Waals surface area (Å²) >= 11 is 1.23. The minimum Gasteiger partial charge on any atom is -0.452 e. The maximum absolute atomic E-state index is 12.5. The number of amides is 2. The Balaban J connectivity index is 1.50. The summed E-state index contributed by atoms with van der Waals surface area (Å²) in [7, 11) is 0. The van der Waals surface area contributed by atoms with Crippen LogP contribution in [0.25, 0.3) is 0 Å². The molecule has 0 bridgehead atoms. The first-order valence-electron chi connectivity index (χ1n) is 10.0. The number of ether oxygens (including phenoxy) is 2. The molecule has 1 N–H and O–H groups in total. The Hall–Kier alpha value is -3.21. The fourth-order valence-corrected chi connectivity index (χ4v) is 4.05. The summed E-state index contributed by atoms with van der Waals surface area (Å²) < 4.78 is 45.4. The number of carbonyl (C=O) groups excluding carboxylic acids is 3. The van der Waals surface area contributed by atoms with E-state index in [4.69, 9.17) is 4.74 Å². The average molecular weight is 482 g/mol. The van der Waals surface area contributed by atoms with Gasteiger partial charge in [0.05, 0.1) is 11.3 Å². The Kier molecular flexibility index (Phi) is 8.21. The number of rotatable bonds is 8. The van der Waals surface area contributed by atoms with Crippen LogP contribution in [0, 0.1) is 0 Å². The summed E-state index contributed by atoms with van der Waals surface area (Å²) in [4.78, 5) is 39.1. The number of benzene rings is 2. The summed E-state index contributed by atoms with van der Waals surface area (Å²) in [5.74, 6) is -1.62. The van der Waals surface area contributed by atoms with Gasteiger partial charge >= 0.3 is 12.3 Å². The van der Waals surface area contributed by atoms with Gasteiger partial charge in [-0.25, -0.2) is 4.79 Å². The van der Waals surface area contributed by atoms with Gasteiger partial charge in [0.15, 0.2) is 6.61 Å². The van der Waals surface area contributed by atoms with Crippen molar-refractivity contribution in [3.63, 3.8) is 0 Å². The Labute approximate surface area is 192 Å². The molecule has 3 rings (SSSR count). The first kappa shape index (κ1) is 24.4. The maximum Gasteiger partial charge on any atom is 0.573 e. The van der Waals surface area contributed by atoms with Crippen LogP contribution in [0.4, 0.5) is 18.9 Å². The van der Waals surface area contributed by atoms with Crippen LogP contribution in [0.5, 0.6) is 5.75 Å². The second kappa shape index (κ2) is 11.1. The van der Waals surface area contributed by atoms with Crippen molar-refractivity contribution in [2.24, 2.45) is 0 Å². The van der Waals surface area contributed by atoms with Gasteiger partial charge in [-0.3, -0.25) is 9.59 Å². The number of nitrogens with one attached hydrogen (secondary N) is 1. The molecule has 1 saturated heterocycles. The fourth-order valence-electron chi connectivity index (χ4n) is 3.10. The standard InChI is InChI=1S/C22H21F3N2O5S/c23-22(24,25)32-16-9-7-15(8-10-16)26-19(28)13-31-21(30)17-5-1-2-6-18(17)33-14-20(29)27-11-3-4-12-27/h1-2,5-10H,3-4,11-14H2,(H,26,28). The minimum atomic E-state index is -4.81. The lowest BCUT2D eigenvalue weighted by Crippen LogP contribution is -2.29. The van der Waals surface area contributed by atoms with E-state index in [0.29, 0.717) is 4.90 Å². The number of halogens is 3. The highest BCUT2D eigenvalue weighted by atomic mass is 32.2. The summed E-state index contributed by atoms with van der Waals surface area (Å²) in [6.07, 6.45) is -2.82. The molecular weight excluding hydrogens is 461 g/mol. The zero-order chi connectivity index (χ0) is 23.8. The molecule has 0 unspecified atom stereocenters. The molecule has 2 aromatic rings. The number of alkyl halides is 3. The predicted octanol–water partition coefficient (Wildman–Crippen LogP) is 4.10. The second-order valence-electron chi connectivity index (χ2n) is 7.07. The van der Waals surface area contributed by atoms with Gasteiger partial charge in [0.1, 0.15) is 5.75 Å². The number of hydrogen-bond donors (Lipinski definition) is 1. The van der Waals surface area contributed by atoms with E-state index < -0.39 is 30.6 Å². The van der Waals surface area contributed by atoms with E-state index in [-0.39, 0.29) is 22.9 Å². The molecule has 2 aromatic carbocycles. The lowest BCUT2D eigenvalue weighted by Gasteiger charge is -2.15. The second-order valence-corrected chi connectivity index (χ2v) is 8.09. The first-order valence-corrected chi connectivity index (χ1v) is 11.0. The molecule has 1 aliphatic rings. The van der Waals surface area contributed by atoms with Crippen LogP contribution in [0.15, 0.2) is 53.4 Å². The molecular formula is C22H21F3N2O5S. The lowest BCUT2D eigenvalue weighted by molar-refractivity contribution is -0.274. The van der Waals surface area contributed by atoms with Crippen LogP contribution >= 0.6 is 11.8 Å². The Morgan fingerprint density at radius 2 is 1.67 bits per heavy atom. The molecule has 33 heavy (non-hydrogen) atoms. The van der Waals surface area contributed by atoms with Crippen molar-refractivity contribution < 1.29 is 37.0 Å². The molecule has 2 amide bonds. The summed E-state index contributed by atoms with van der Waals surface area (Å²) in [6, 6.07) is 11.2. The fraction of sp³-hybridized carbons (Fsp3) is 0.318. The van der Waals surface area contributed by atoms with Crippen molar-refractivity contribution in [2.45, 2.75) is 24.1 Å². The third-order valence-corrected chi connectivity index (χ3v) is 5.68. The van der Waals surface area contributed by atoms with Crippen LogP contribution in [0.2, 0.25) is 0 Å². The number of nitrogens with zero attached hydrogens (tertiary/aromatic N) is 1. The van der Waals surface area contributed by atoms with E-state index in [9.17, 15) is 27.6 Å². The average Bonchev–Trinajstić information content (AvgIpc) is 3.31. The van der Waals surface area contributed by atoms with Crippen molar-refractivity contribution in [1.29, 1.82) is 0 Å². The predicted molar refractivity (Wildman–Crippen MR) is 115 cm³/mol. The topological polar surface area (TPSA) is 84.9 Å². The van der Waals surface area contributed by atoms with E-state index in [1.165, 1.54) is 23.9 Å². The van der Waals surface area contributed by atoms with Gasteiger partial charge in [-0.15, -0.1) is 24.9 Å². The maximum atomic E-state index is 12.5. The molecule has 0 spiro atoms. The molecule has 1 heterocycles. The Bertz CT molecular complexity index is 992. The Morgan fingerprint density at radius 3 is 2.33 bits per heavy atom. The van der Waals surface area contributed by atoms with Crippen LogP contribution in [-0.4, -0.2) is 54.5 Å². The number of esters is 1. The molecule has 0 aliphatic carbocycles. The third-order valence-electron chi connectivity index (χ3n) is 4.62. The molecule has 7 nitrogen and oxygen atoms in total. The smallest absolute Gasteiger partial charge is 0.452 e. The highest BCUT2D eigenvalue weighted by Gasteiger charge is 2.31. The lowest BCUT2D eigenvalue weighted by atomic mass is 10.2. The third kappa shape index (κ3) is 7.70. The molecule has 0 aromatic heterocycles.